The zero-order chi connectivity index (χ0) is 16.6. The fourth-order valence-electron chi connectivity index (χ4n) is 1.87. The standard InChI is InChI=1S/C6H11O2.3C4H9.Li.Sn/c1-5-6(2,7-3)8-4;3*1-3-4-2;;/h1,5H,2-4H3;3*1,3-4H2,2H3;;/q-1;;;;+1;. The van der Waals surface area contributed by atoms with E-state index in [9.17, 15) is 0 Å². The van der Waals surface area contributed by atoms with Gasteiger partial charge in [0.15, 0.2) is 5.79 Å². The number of ether oxygens (including phenoxy) is 2. The monoisotopic (exact) mass is 413 g/mol. The Morgan fingerprint density at radius 1 is 0.864 bits per heavy atom. The topological polar surface area (TPSA) is 18.5 Å². The average molecular weight is 412 g/mol. The summed E-state index contributed by atoms with van der Waals surface area (Å²) in [6.07, 6.45) is 10.2. The molecule has 0 atom stereocenters. The SMILES string of the molecule is CCC[CH2][Sn]([CH2]CCC)[CH2]CCC.[CH-]=CC(C)(OC)OC.[Li+]. The van der Waals surface area contributed by atoms with E-state index >= 15 is 0 Å². The molecule has 0 aliphatic heterocycles. The summed E-state index contributed by atoms with van der Waals surface area (Å²) < 4.78 is 14.7. The van der Waals surface area contributed by atoms with Crippen molar-refractivity contribution in [1.29, 1.82) is 0 Å². The predicted molar refractivity (Wildman–Crippen MR) is 96.2 cm³/mol. The van der Waals surface area contributed by atoms with E-state index < -0.39 is 25.5 Å². The summed E-state index contributed by atoms with van der Waals surface area (Å²) in [6.45, 7) is 13.9. The van der Waals surface area contributed by atoms with Crippen LogP contribution in [0.1, 0.15) is 66.2 Å². The molecule has 127 valence electrons. The van der Waals surface area contributed by atoms with Gasteiger partial charge in [-0.2, -0.15) is 0 Å². The summed E-state index contributed by atoms with van der Waals surface area (Å²) >= 11 is -0.839. The Morgan fingerprint density at radius 3 is 1.32 bits per heavy atom. The molecule has 2 nitrogen and oxygen atoms in total. The Bertz CT molecular complexity index is 202. The molecule has 0 heterocycles. The third-order valence-electron chi connectivity index (χ3n) is 3.77. The van der Waals surface area contributed by atoms with Crippen molar-refractivity contribution in [1.82, 2.24) is 0 Å². The van der Waals surface area contributed by atoms with Crippen molar-refractivity contribution in [3.63, 3.8) is 0 Å². The predicted octanol–water partition coefficient (Wildman–Crippen LogP) is 2.87. The molecule has 0 fully saturated rings. The number of unbranched alkanes of at least 4 members (excludes halogenated alkanes) is 3. The fourth-order valence-corrected chi connectivity index (χ4v) is 11.3. The van der Waals surface area contributed by atoms with Gasteiger partial charge in [-0.05, 0) is 6.92 Å². The summed E-state index contributed by atoms with van der Waals surface area (Å²) in [7, 11) is 3.07. The first kappa shape index (κ1) is 27.9. The summed E-state index contributed by atoms with van der Waals surface area (Å²) in [4.78, 5) is 0. The van der Waals surface area contributed by atoms with Crippen LogP contribution in [0.2, 0.25) is 13.3 Å². The van der Waals surface area contributed by atoms with Crippen molar-refractivity contribution < 1.29 is 28.3 Å². The van der Waals surface area contributed by atoms with Crippen LogP contribution in [-0.2, 0) is 9.47 Å². The molecule has 0 N–H and O–H groups in total. The van der Waals surface area contributed by atoms with Crippen LogP contribution >= 0.6 is 0 Å². The van der Waals surface area contributed by atoms with Gasteiger partial charge in [0.2, 0.25) is 0 Å². The van der Waals surface area contributed by atoms with Gasteiger partial charge < -0.3 is 16.1 Å². The number of hydrogen-bond donors (Lipinski definition) is 0. The van der Waals surface area contributed by atoms with Crippen molar-refractivity contribution >= 4 is 19.8 Å². The Balaban J connectivity index is -0.000000348. The second kappa shape index (κ2) is 20.1. The zero-order valence-corrected chi connectivity index (χ0v) is 19.2. The van der Waals surface area contributed by atoms with Crippen LogP contribution in [0.4, 0.5) is 0 Å². The molecule has 0 aliphatic rings. The van der Waals surface area contributed by atoms with E-state index in [0.717, 1.165) is 0 Å². The van der Waals surface area contributed by atoms with Crippen LogP contribution in [0.25, 0.3) is 0 Å². The molecule has 1 radical (unpaired) electrons. The molecule has 0 unspecified atom stereocenters. The zero-order valence-electron chi connectivity index (χ0n) is 16.3. The molecule has 0 aromatic carbocycles. The molecule has 22 heavy (non-hydrogen) atoms. The van der Waals surface area contributed by atoms with E-state index in [1.165, 1.54) is 58.8 Å². The molecule has 0 aliphatic carbocycles. The maximum atomic E-state index is 5.15. The molecular formula is C18H38LiO2Sn. The summed E-state index contributed by atoms with van der Waals surface area (Å²) in [5.74, 6) is -0.722. The molecule has 0 aromatic rings. The van der Waals surface area contributed by atoms with E-state index in [1.54, 1.807) is 20.2 Å². The van der Waals surface area contributed by atoms with Crippen LogP contribution in [-0.4, -0.2) is 39.8 Å². The first-order valence-corrected chi connectivity index (χ1v) is 14.6. The maximum absolute atomic E-state index is 5.15. The number of rotatable bonds is 12. The third-order valence-corrected chi connectivity index (χ3v) is 12.8. The molecule has 0 saturated heterocycles. The van der Waals surface area contributed by atoms with Gasteiger partial charge >= 0.3 is 111 Å². The molecule has 0 spiro atoms. The molecule has 0 bridgehead atoms. The Labute approximate surface area is 159 Å². The van der Waals surface area contributed by atoms with Crippen molar-refractivity contribution in [3.8, 4) is 0 Å². The van der Waals surface area contributed by atoms with Crippen molar-refractivity contribution in [2.45, 2.75) is 85.3 Å². The largest absolute Gasteiger partial charge is 1.00 e. The summed E-state index contributed by atoms with van der Waals surface area (Å²) in [5.41, 5.74) is 0. The van der Waals surface area contributed by atoms with E-state index in [1.807, 2.05) is 0 Å². The van der Waals surface area contributed by atoms with Gasteiger partial charge in [-0.3, -0.25) is 0 Å². The molecule has 0 rings (SSSR count). The van der Waals surface area contributed by atoms with Crippen LogP contribution in [0.3, 0.4) is 0 Å². The van der Waals surface area contributed by atoms with Gasteiger partial charge in [0.25, 0.3) is 0 Å². The molecule has 4 heteroatoms. The van der Waals surface area contributed by atoms with E-state index in [4.69, 9.17) is 16.1 Å². The van der Waals surface area contributed by atoms with Crippen molar-refractivity contribution in [2.24, 2.45) is 0 Å². The van der Waals surface area contributed by atoms with Gasteiger partial charge in [0.05, 0.1) is 0 Å². The maximum Gasteiger partial charge on any atom is 1.00 e. The molecular weight excluding hydrogens is 374 g/mol. The van der Waals surface area contributed by atoms with Crippen LogP contribution in [0.15, 0.2) is 6.08 Å². The van der Waals surface area contributed by atoms with E-state index in [0.29, 0.717) is 0 Å². The van der Waals surface area contributed by atoms with Gasteiger partial charge in [-0.1, -0.05) is 0 Å². The number of methoxy groups -OCH3 is 2. The van der Waals surface area contributed by atoms with Crippen LogP contribution in [0, 0.1) is 6.58 Å². The molecule has 0 amide bonds. The number of hydrogen-bond acceptors (Lipinski definition) is 2. The van der Waals surface area contributed by atoms with Gasteiger partial charge in [-0.25, -0.2) is 6.08 Å². The van der Waals surface area contributed by atoms with Gasteiger partial charge in [0, 0.05) is 14.2 Å². The minimum atomic E-state index is -0.839. The minimum absolute atomic E-state index is 0. The quantitative estimate of drug-likeness (QED) is 0.279. The van der Waals surface area contributed by atoms with Gasteiger partial charge in [-0.15, -0.1) is 0 Å². The van der Waals surface area contributed by atoms with E-state index in [2.05, 4.69) is 20.8 Å². The van der Waals surface area contributed by atoms with Gasteiger partial charge in [0.1, 0.15) is 0 Å². The second-order valence-corrected chi connectivity index (χ2v) is 14.2. The van der Waals surface area contributed by atoms with E-state index in [-0.39, 0.29) is 18.9 Å². The smallest absolute Gasteiger partial charge is 0.513 e. The third kappa shape index (κ3) is 17.4. The molecule has 0 aromatic heterocycles. The Hall–Kier alpha value is 1.06. The second-order valence-electron chi connectivity index (χ2n) is 5.65. The Morgan fingerprint density at radius 2 is 1.18 bits per heavy atom. The Kier molecular flexibility index (Phi) is 25.5. The van der Waals surface area contributed by atoms with Crippen LogP contribution < -0.4 is 18.9 Å². The molecule has 0 saturated carbocycles. The summed E-state index contributed by atoms with van der Waals surface area (Å²) in [6, 6.07) is 0. The normalized spacial score (nSPS) is 10.7. The van der Waals surface area contributed by atoms with Crippen molar-refractivity contribution in [3.05, 3.63) is 12.7 Å². The minimum Gasteiger partial charge on any atom is -0.513 e. The first-order valence-electron chi connectivity index (χ1n) is 8.53. The summed E-state index contributed by atoms with van der Waals surface area (Å²) in [5, 5.41) is 0. The average Bonchev–Trinajstić information content (AvgIpc) is 2.54. The van der Waals surface area contributed by atoms with Crippen molar-refractivity contribution in [2.75, 3.05) is 14.2 Å². The first-order chi connectivity index (χ1) is 10.0. The fraction of sp³-hybridized carbons (Fsp3) is 0.889. The van der Waals surface area contributed by atoms with Crippen LogP contribution in [0.5, 0.6) is 0 Å².